The van der Waals surface area contributed by atoms with Crippen molar-refractivity contribution in [3.63, 3.8) is 0 Å². The second kappa shape index (κ2) is 5.48. The van der Waals surface area contributed by atoms with Crippen molar-refractivity contribution >= 4 is 0 Å². The van der Waals surface area contributed by atoms with E-state index in [0.29, 0.717) is 6.04 Å². The van der Waals surface area contributed by atoms with Gasteiger partial charge < -0.3 is 10.3 Å². The molecule has 0 saturated carbocycles. The first-order valence-electron chi connectivity index (χ1n) is 6.28. The molecule has 0 aliphatic heterocycles. The van der Waals surface area contributed by atoms with Crippen LogP contribution in [0.4, 0.5) is 0 Å². The summed E-state index contributed by atoms with van der Waals surface area (Å²) < 4.78 is 2.22. The Morgan fingerprint density at radius 3 is 2.69 bits per heavy atom. The normalized spacial score (nSPS) is 14.1. The average Bonchev–Trinajstić information content (AvgIpc) is 2.65. The van der Waals surface area contributed by atoms with Crippen molar-refractivity contribution in [3.05, 3.63) is 18.2 Å². The smallest absolute Gasteiger partial charge is 0.0951 e. The van der Waals surface area contributed by atoms with Crippen molar-refractivity contribution < 1.29 is 0 Å². The van der Waals surface area contributed by atoms with Crippen LogP contribution in [0.1, 0.15) is 65.1 Å². The van der Waals surface area contributed by atoms with Gasteiger partial charge in [-0.1, -0.05) is 26.2 Å². The molecular formula is C13H25N3. The maximum atomic E-state index is 6.13. The van der Waals surface area contributed by atoms with Crippen molar-refractivity contribution in [2.24, 2.45) is 5.73 Å². The number of hydrogen-bond acceptors (Lipinski definition) is 2. The summed E-state index contributed by atoms with van der Waals surface area (Å²) in [4.78, 5) is 4.22. The third-order valence-electron chi connectivity index (χ3n) is 3.03. The molecule has 2 N–H and O–H groups in total. The highest BCUT2D eigenvalue weighted by atomic mass is 15.1. The minimum atomic E-state index is -0.310. The van der Waals surface area contributed by atoms with Gasteiger partial charge in [0.15, 0.2) is 0 Å². The molecule has 0 aromatic carbocycles. The van der Waals surface area contributed by atoms with Gasteiger partial charge in [0.2, 0.25) is 0 Å². The molecule has 0 aliphatic carbocycles. The predicted molar refractivity (Wildman–Crippen MR) is 68.3 cm³/mol. The van der Waals surface area contributed by atoms with Crippen LogP contribution in [-0.4, -0.2) is 9.55 Å². The van der Waals surface area contributed by atoms with Crippen molar-refractivity contribution in [2.75, 3.05) is 0 Å². The first kappa shape index (κ1) is 13.2. The standard InChI is InChI=1S/C13H25N3/c1-5-6-7-8-11(2)16-10-15-9-12(16)13(3,4)14/h9-11H,5-8,14H2,1-4H3. The molecule has 1 aromatic heterocycles. The first-order chi connectivity index (χ1) is 7.46. The molecule has 1 atom stereocenters. The molecule has 1 rings (SSSR count). The Balaban J connectivity index is 2.68. The Morgan fingerprint density at radius 1 is 1.44 bits per heavy atom. The lowest BCUT2D eigenvalue weighted by atomic mass is 10.0. The van der Waals surface area contributed by atoms with Crippen LogP contribution in [0.3, 0.4) is 0 Å². The molecule has 0 fully saturated rings. The number of aromatic nitrogens is 2. The van der Waals surface area contributed by atoms with Gasteiger partial charge in [-0.2, -0.15) is 0 Å². The van der Waals surface area contributed by atoms with E-state index < -0.39 is 0 Å². The molecule has 1 heterocycles. The Kier molecular flexibility index (Phi) is 4.54. The Hall–Kier alpha value is -0.830. The monoisotopic (exact) mass is 223 g/mol. The molecule has 3 heteroatoms. The number of imidazole rings is 1. The van der Waals surface area contributed by atoms with E-state index in [1.165, 1.54) is 25.7 Å². The van der Waals surface area contributed by atoms with Crippen molar-refractivity contribution in [2.45, 2.75) is 65.0 Å². The highest BCUT2D eigenvalue weighted by Gasteiger charge is 2.21. The van der Waals surface area contributed by atoms with Crippen LogP contribution in [0.5, 0.6) is 0 Å². The molecule has 0 bridgehead atoms. The first-order valence-corrected chi connectivity index (χ1v) is 6.28. The van der Waals surface area contributed by atoms with Crippen LogP contribution in [-0.2, 0) is 5.54 Å². The molecule has 1 aromatic rings. The fourth-order valence-electron chi connectivity index (χ4n) is 1.98. The molecule has 1 unspecified atom stereocenters. The SMILES string of the molecule is CCCCCC(C)n1cncc1C(C)(C)N. The number of unbranched alkanes of at least 4 members (excludes halogenated alkanes) is 2. The number of nitrogens with zero attached hydrogens (tertiary/aromatic N) is 2. The zero-order valence-corrected chi connectivity index (χ0v) is 11.0. The second-order valence-corrected chi connectivity index (χ2v) is 5.25. The highest BCUT2D eigenvalue weighted by molar-refractivity contribution is 5.10. The van der Waals surface area contributed by atoms with Crippen LogP contribution in [0.25, 0.3) is 0 Å². The van der Waals surface area contributed by atoms with Gasteiger partial charge in [0.25, 0.3) is 0 Å². The highest BCUT2D eigenvalue weighted by Crippen LogP contribution is 2.23. The fourth-order valence-corrected chi connectivity index (χ4v) is 1.98. The molecule has 0 saturated heterocycles. The van der Waals surface area contributed by atoms with E-state index in [0.717, 1.165) is 5.69 Å². The summed E-state index contributed by atoms with van der Waals surface area (Å²) in [7, 11) is 0. The zero-order valence-electron chi connectivity index (χ0n) is 11.0. The van der Waals surface area contributed by atoms with Crippen molar-refractivity contribution in [3.8, 4) is 0 Å². The number of nitrogens with two attached hydrogens (primary N) is 1. The molecule has 0 amide bonds. The minimum Gasteiger partial charge on any atom is -0.330 e. The number of rotatable bonds is 6. The third-order valence-corrected chi connectivity index (χ3v) is 3.03. The minimum absolute atomic E-state index is 0.310. The van der Waals surface area contributed by atoms with Crippen molar-refractivity contribution in [1.29, 1.82) is 0 Å². The molecule has 0 spiro atoms. The van der Waals surface area contributed by atoms with Crippen LogP contribution in [0, 0.1) is 0 Å². The average molecular weight is 223 g/mol. The lowest BCUT2D eigenvalue weighted by Crippen LogP contribution is -2.32. The molecular weight excluding hydrogens is 198 g/mol. The molecule has 3 nitrogen and oxygen atoms in total. The summed E-state index contributed by atoms with van der Waals surface area (Å²) in [6.45, 7) is 8.53. The van der Waals surface area contributed by atoms with Gasteiger partial charge in [-0.25, -0.2) is 4.98 Å². The second-order valence-electron chi connectivity index (χ2n) is 5.25. The third kappa shape index (κ3) is 3.34. The lowest BCUT2D eigenvalue weighted by Gasteiger charge is -2.24. The zero-order chi connectivity index (χ0) is 12.2. The van der Waals surface area contributed by atoms with Crippen LogP contribution < -0.4 is 5.73 Å². The van der Waals surface area contributed by atoms with E-state index in [2.05, 4.69) is 23.4 Å². The van der Waals surface area contributed by atoms with Crippen molar-refractivity contribution in [1.82, 2.24) is 9.55 Å². The Labute approximate surface area is 99.1 Å². The Bertz CT molecular complexity index is 309. The predicted octanol–water partition coefficient (Wildman–Crippen LogP) is 3.22. The van der Waals surface area contributed by atoms with Gasteiger partial charge >= 0.3 is 0 Å². The van der Waals surface area contributed by atoms with E-state index >= 15 is 0 Å². The maximum absolute atomic E-state index is 6.13. The summed E-state index contributed by atoms with van der Waals surface area (Å²) in [5.41, 5.74) is 6.95. The summed E-state index contributed by atoms with van der Waals surface area (Å²) in [6.07, 6.45) is 8.84. The summed E-state index contributed by atoms with van der Waals surface area (Å²) in [5, 5.41) is 0. The lowest BCUT2D eigenvalue weighted by molar-refractivity contribution is 0.420. The van der Waals surface area contributed by atoms with E-state index in [4.69, 9.17) is 5.73 Å². The number of hydrogen-bond donors (Lipinski definition) is 1. The van der Waals surface area contributed by atoms with Crippen LogP contribution in [0.2, 0.25) is 0 Å². The van der Waals surface area contributed by atoms with E-state index in [1.54, 1.807) is 0 Å². The summed E-state index contributed by atoms with van der Waals surface area (Å²) >= 11 is 0. The van der Waals surface area contributed by atoms with Gasteiger partial charge in [0, 0.05) is 12.2 Å². The quantitative estimate of drug-likeness (QED) is 0.752. The van der Waals surface area contributed by atoms with Gasteiger partial charge in [0.1, 0.15) is 0 Å². The fraction of sp³-hybridized carbons (Fsp3) is 0.769. The molecule has 0 aliphatic rings. The topological polar surface area (TPSA) is 43.8 Å². The van der Waals surface area contributed by atoms with E-state index in [1.807, 2.05) is 26.4 Å². The van der Waals surface area contributed by atoms with Gasteiger partial charge in [-0.05, 0) is 27.2 Å². The molecule has 92 valence electrons. The van der Waals surface area contributed by atoms with Gasteiger partial charge in [0.05, 0.1) is 17.6 Å². The Morgan fingerprint density at radius 2 is 2.12 bits per heavy atom. The largest absolute Gasteiger partial charge is 0.330 e. The summed E-state index contributed by atoms with van der Waals surface area (Å²) in [6, 6.07) is 0.492. The van der Waals surface area contributed by atoms with Gasteiger partial charge in [-0.3, -0.25) is 0 Å². The molecule has 16 heavy (non-hydrogen) atoms. The maximum Gasteiger partial charge on any atom is 0.0951 e. The van der Waals surface area contributed by atoms with Crippen LogP contribution in [0.15, 0.2) is 12.5 Å². The summed E-state index contributed by atoms with van der Waals surface area (Å²) in [5.74, 6) is 0. The van der Waals surface area contributed by atoms with E-state index in [9.17, 15) is 0 Å². The molecule has 0 radical (unpaired) electrons. The van der Waals surface area contributed by atoms with Crippen LogP contribution >= 0.6 is 0 Å². The van der Waals surface area contributed by atoms with Gasteiger partial charge in [-0.15, -0.1) is 0 Å². The van der Waals surface area contributed by atoms with E-state index in [-0.39, 0.29) is 5.54 Å².